The van der Waals surface area contributed by atoms with Crippen LogP contribution in [0, 0.1) is 0 Å². The average molecular weight is 497 g/mol. The number of rotatable bonds is 8. The quantitative estimate of drug-likeness (QED) is 0.391. The summed E-state index contributed by atoms with van der Waals surface area (Å²) < 4.78 is 48.1. The van der Waals surface area contributed by atoms with Crippen LogP contribution in [0.1, 0.15) is 42.4 Å². The molecule has 2 bridgehead atoms. The van der Waals surface area contributed by atoms with Crippen molar-refractivity contribution in [1.82, 2.24) is 10.2 Å². The molecule has 0 radical (unpaired) electrons. The highest BCUT2D eigenvalue weighted by Gasteiger charge is 2.54. The number of halogens is 3. The van der Waals surface area contributed by atoms with Crippen molar-refractivity contribution in [2.24, 2.45) is 0 Å². The van der Waals surface area contributed by atoms with Crippen molar-refractivity contribution in [2.75, 3.05) is 7.11 Å². The molecule has 0 amide bonds. The van der Waals surface area contributed by atoms with E-state index >= 15 is 0 Å². The van der Waals surface area contributed by atoms with Crippen LogP contribution in [0.15, 0.2) is 78.9 Å². The van der Waals surface area contributed by atoms with E-state index < -0.39 is 6.36 Å². The minimum absolute atomic E-state index is 0.124. The Balaban J connectivity index is 1.45. The molecule has 1 N–H and O–H groups in total. The number of piperidine rings is 1. The van der Waals surface area contributed by atoms with Crippen LogP contribution in [-0.4, -0.2) is 30.5 Å². The van der Waals surface area contributed by atoms with E-state index in [1.807, 2.05) is 12.1 Å². The van der Waals surface area contributed by atoms with Crippen molar-refractivity contribution in [1.29, 1.82) is 0 Å². The fourth-order valence-electron chi connectivity index (χ4n) is 6.17. The van der Waals surface area contributed by atoms with E-state index in [4.69, 9.17) is 4.74 Å². The first-order valence-electron chi connectivity index (χ1n) is 12.4. The van der Waals surface area contributed by atoms with Gasteiger partial charge < -0.3 is 14.8 Å². The van der Waals surface area contributed by atoms with Crippen molar-refractivity contribution in [3.8, 4) is 11.5 Å². The Labute approximate surface area is 210 Å². The molecule has 0 aromatic heterocycles. The van der Waals surface area contributed by atoms with Gasteiger partial charge in [0.2, 0.25) is 0 Å². The Morgan fingerprint density at radius 3 is 2.36 bits per heavy atom. The average Bonchev–Trinajstić information content (AvgIpc) is 3.11. The molecule has 3 unspecified atom stereocenters. The molecule has 2 heterocycles. The lowest BCUT2D eigenvalue weighted by Gasteiger charge is -2.51. The molecule has 2 aliphatic rings. The second kappa shape index (κ2) is 10.1. The van der Waals surface area contributed by atoms with Gasteiger partial charge >= 0.3 is 6.36 Å². The van der Waals surface area contributed by atoms with Gasteiger partial charge in [-0.05, 0) is 55.0 Å². The molecule has 2 aliphatic heterocycles. The van der Waals surface area contributed by atoms with E-state index in [0.29, 0.717) is 23.9 Å². The van der Waals surface area contributed by atoms with Crippen molar-refractivity contribution in [3.05, 3.63) is 95.6 Å². The van der Waals surface area contributed by atoms with Crippen LogP contribution >= 0.6 is 0 Å². The van der Waals surface area contributed by atoms with E-state index in [2.05, 4.69) is 63.5 Å². The number of nitrogens with one attached hydrogen (secondary N) is 1. The molecular weight excluding hydrogens is 465 g/mol. The van der Waals surface area contributed by atoms with Crippen molar-refractivity contribution >= 4 is 0 Å². The van der Waals surface area contributed by atoms with Crippen LogP contribution in [0.5, 0.6) is 11.5 Å². The van der Waals surface area contributed by atoms with E-state index in [0.717, 1.165) is 32.2 Å². The van der Waals surface area contributed by atoms with Crippen LogP contribution in [0.4, 0.5) is 13.2 Å². The number of fused-ring (bicyclic) bond motifs is 2. The number of hydrogen-bond donors (Lipinski definition) is 1. The second-order valence-corrected chi connectivity index (χ2v) is 9.63. The van der Waals surface area contributed by atoms with Gasteiger partial charge in [0.1, 0.15) is 11.5 Å². The van der Waals surface area contributed by atoms with Gasteiger partial charge in [-0.2, -0.15) is 0 Å². The van der Waals surface area contributed by atoms with Crippen LogP contribution in [0.2, 0.25) is 0 Å². The largest absolute Gasteiger partial charge is 0.573 e. The molecule has 0 saturated carbocycles. The molecule has 5 rings (SSSR count). The Hall–Kier alpha value is -3.03. The molecule has 0 spiro atoms. The molecule has 3 atom stereocenters. The molecular formula is C29H31F3N2O2. The normalized spacial score (nSPS) is 24.0. The topological polar surface area (TPSA) is 33.7 Å². The summed E-state index contributed by atoms with van der Waals surface area (Å²) in [5, 5.41) is 3.73. The third-order valence-electron chi connectivity index (χ3n) is 7.67. The van der Waals surface area contributed by atoms with Gasteiger partial charge in [0.15, 0.2) is 0 Å². The SMILES string of the molecule is COc1ccc(OC(F)(F)F)cc1CNC1CCC2CCC1(c1ccccc1)N2Cc1ccccc1. The minimum atomic E-state index is -4.74. The van der Waals surface area contributed by atoms with Gasteiger partial charge in [-0.25, -0.2) is 0 Å². The predicted molar refractivity (Wildman–Crippen MR) is 133 cm³/mol. The van der Waals surface area contributed by atoms with Gasteiger partial charge in [0.25, 0.3) is 0 Å². The number of ether oxygens (including phenoxy) is 2. The summed E-state index contributed by atoms with van der Waals surface area (Å²) in [5.41, 5.74) is 3.00. The number of nitrogens with zero attached hydrogens (tertiary/aromatic N) is 1. The van der Waals surface area contributed by atoms with E-state index in [1.165, 1.54) is 36.4 Å². The Morgan fingerprint density at radius 1 is 0.944 bits per heavy atom. The number of alkyl halides is 3. The third kappa shape index (κ3) is 4.95. The van der Waals surface area contributed by atoms with Gasteiger partial charge in [0.05, 0.1) is 12.6 Å². The maximum absolute atomic E-state index is 12.8. The molecule has 2 saturated heterocycles. The van der Waals surface area contributed by atoms with Gasteiger partial charge in [-0.15, -0.1) is 13.2 Å². The summed E-state index contributed by atoms with van der Waals surface area (Å²) in [6.07, 6.45) is -0.519. The first-order valence-corrected chi connectivity index (χ1v) is 12.4. The number of benzene rings is 3. The fourth-order valence-corrected chi connectivity index (χ4v) is 6.17. The Kier molecular flexibility index (Phi) is 6.95. The molecule has 7 heteroatoms. The minimum Gasteiger partial charge on any atom is -0.496 e. The van der Waals surface area contributed by atoms with Crippen molar-refractivity contribution in [2.45, 2.75) is 62.8 Å². The van der Waals surface area contributed by atoms with Gasteiger partial charge in [-0.1, -0.05) is 60.7 Å². The molecule has 190 valence electrons. The van der Waals surface area contributed by atoms with Crippen molar-refractivity contribution in [3.63, 3.8) is 0 Å². The van der Waals surface area contributed by atoms with E-state index in [9.17, 15) is 13.2 Å². The van der Waals surface area contributed by atoms with Crippen LogP contribution in [-0.2, 0) is 18.6 Å². The summed E-state index contributed by atoms with van der Waals surface area (Å²) in [5.74, 6) is 0.292. The highest BCUT2D eigenvalue weighted by Crippen LogP contribution is 2.51. The highest BCUT2D eigenvalue weighted by atomic mass is 19.4. The summed E-state index contributed by atoms with van der Waals surface area (Å²) in [7, 11) is 1.53. The Bertz CT molecular complexity index is 1160. The van der Waals surface area contributed by atoms with Crippen LogP contribution < -0.4 is 14.8 Å². The lowest BCUT2D eigenvalue weighted by molar-refractivity contribution is -0.274. The van der Waals surface area contributed by atoms with Crippen molar-refractivity contribution < 1.29 is 22.6 Å². The standard InChI is InChI=1S/C29H31F3N2O2/c1-35-26-14-13-25(36-29(30,31)32)18-22(26)19-33-27-15-12-24-16-17-28(27,23-10-6-3-7-11-23)34(24)20-21-8-4-2-5-9-21/h2-11,13-14,18,24,27,33H,12,15-17,19-20H2,1H3. The molecule has 3 aromatic carbocycles. The molecule has 36 heavy (non-hydrogen) atoms. The molecule has 2 fully saturated rings. The zero-order valence-corrected chi connectivity index (χ0v) is 20.3. The molecule has 3 aromatic rings. The first-order chi connectivity index (χ1) is 17.4. The third-order valence-corrected chi connectivity index (χ3v) is 7.67. The van der Waals surface area contributed by atoms with E-state index in [-0.39, 0.29) is 17.3 Å². The number of methoxy groups -OCH3 is 1. The zero-order chi connectivity index (χ0) is 25.2. The zero-order valence-electron chi connectivity index (χ0n) is 20.3. The summed E-state index contributed by atoms with van der Waals surface area (Å²) in [6, 6.07) is 26.0. The maximum Gasteiger partial charge on any atom is 0.573 e. The molecule has 0 aliphatic carbocycles. The van der Waals surface area contributed by atoms with Gasteiger partial charge in [0, 0.05) is 30.7 Å². The molecule has 4 nitrogen and oxygen atoms in total. The lowest BCUT2D eigenvalue weighted by Crippen LogP contribution is -2.60. The number of hydrogen-bond acceptors (Lipinski definition) is 4. The highest BCUT2D eigenvalue weighted by molar-refractivity contribution is 5.41. The summed E-state index contributed by atoms with van der Waals surface area (Å²) in [6.45, 7) is 1.23. The van der Waals surface area contributed by atoms with Crippen LogP contribution in [0.25, 0.3) is 0 Å². The first kappa shape index (κ1) is 24.7. The van der Waals surface area contributed by atoms with Gasteiger partial charge in [-0.3, -0.25) is 4.90 Å². The van der Waals surface area contributed by atoms with Crippen LogP contribution in [0.3, 0.4) is 0 Å². The van der Waals surface area contributed by atoms with E-state index in [1.54, 1.807) is 0 Å². The second-order valence-electron chi connectivity index (χ2n) is 9.63. The Morgan fingerprint density at radius 2 is 1.67 bits per heavy atom. The maximum atomic E-state index is 12.8. The monoisotopic (exact) mass is 496 g/mol. The smallest absolute Gasteiger partial charge is 0.496 e. The summed E-state index contributed by atoms with van der Waals surface area (Å²) in [4.78, 5) is 2.65. The summed E-state index contributed by atoms with van der Waals surface area (Å²) >= 11 is 0. The fraction of sp³-hybridized carbons (Fsp3) is 0.379. The lowest BCUT2D eigenvalue weighted by atomic mass is 9.77. The predicted octanol–water partition coefficient (Wildman–Crippen LogP) is 6.41.